The van der Waals surface area contributed by atoms with Crippen LogP contribution in [0.25, 0.3) is 0 Å². The lowest BCUT2D eigenvalue weighted by atomic mass is 10.0. The molecule has 1 aliphatic heterocycles. The molecule has 1 aromatic heterocycles. The number of thiazole rings is 1. The summed E-state index contributed by atoms with van der Waals surface area (Å²) in [4.78, 5) is 7.02. The van der Waals surface area contributed by atoms with Gasteiger partial charge in [-0.05, 0) is 26.4 Å². The number of ether oxygens (including phenoxy) is 1. The van der Waals surface area contributed by atoms with Gasteiger partial charge in [-0.1, -0.05) is 20.3 Å². The van der Waals surface area contributed by atoms with Gasteiger partial charge in [0.2, 0.25) is 0 Å². The first-order valence-corrected chi connectivity index (χ1v) is 8.47. The topological polar surface area (TPSA) is 37.4 Å². The molecule has 114 valence electrons. The second-order valence-corrected chi connectivity index (χ2v) is 6.86. The van der Waals surface area contributed by atoms with E-state index in [1.54, 1.807) is 11.3 Å². The first kappa shape index (κ1) is 15.9. The van der Waals surface area contributed by atoms with E-state index < -0.39 is 0 Å². The average Bonchev–Trinajstić information content (AvgIpc) is 2.87. The molecule has 2 rings (SSSR count). The number of likely N-dealkylation sites (N-methyl/N-ethyl adjacent to an activating group) is 1. The highest BCUT2D eigenvalue weighted by atomic mass is 32.1. The second kappa shape index (κ2) is 8.08. The zero-order valence-electron chi connectivity index (χ0n) is 12.9. The van der Waals surface area contributed by atoms with E-state index in [1.165, 1.54) is 25.8 Å². The van der Waals surface area contributed by atoms with E-state index in [9.17, 15) is 0 Å². The normalized spacial score (nSPS) is 20.7. The minimum Gasteiger partial charge on any atom is -0.374 e. The van der Waals surface area contributed by atoms with Crippen LogP contribution in [0.4, 0.5) is 0 Å². The smallest absolute Gasteiger partial charge is 0.107 e. The van der Waals surface area contributed by atoms with Crippen LogP contribution in [0.3, 0.4) is 0 Å². The maximum Gasteiger partial charge on any atom is 0.107 e. The number of nitrogens with zero attached hydrogens (tertiary/aromatic N) is 2. The molecule has 1 aromatic rings. The van der Waals surface area contributed by atoms with E-state index >= 15 is 0 Å². The van der Waals surface area contributed by atoms with Crippen molar-refractivity contribution in [2.24, 2.45) is 0 Å². The summed E-state index contributed by atoms with van der Waals surface area (Å²) in [7, 11) is 2.20. The molecule has 1 saturated heterocycles. The van der Waals surface area contributed by atoms with Crippen molar-refractivity contribution in [1.29, 1.82) is 0 Å². The minimum absolute atomic E-state index is 0.500. The fourth-order valence-corrected chi connectivity index (χ4v) is 3.17. The monoisotopic (exact) mass is 297 g/mol. The molecular weight excluding hydrogens is 270 g/mol. The minimum atomic E-state index is 0.500. The molecular formula is C15H27N3OS. The molecule has 1 aliphatic rings. The molecule has 1 unspecified atom stereocenters. The summed E-state index contributed by atoms with van der Waals surface area (Å²) in [5, 5.41) is 6.65. The first-order chi connectivity index (χ1) is 9.65. The highest BCUT2D eigenvalue weighted by molar-refractivity contribution is 7.09. The molecule has 1 N–H and O–H groups in total. The van der Waals surface area contributed by atoms with Crippen LogP contribution in [-0.2, 0) is 17.9 Å². The highest BCUT2D eigenvalue weighted by Crippen LogP contribution is 2.16. The van der Waals surface area contributed by atoms with Crippen LogP contribution in [0.5, 0.6) is 0 Å². The fraction of sp³-hybridized carbons (Fsp3) is 0.800. The van der Waals surface area contributed by atoms with E-state index in [2.05, 4.69) is 41.5 Å². The molecule has 0 aromatic carbocycles. The van der Waals surface area contributed by atoms with Gasteiger partial charge in [0.15, 0.2) is 0 Å². The molecule has 1 fully saturated rings. The zero-order valence-corrected chi connectivity index (χ0v) is 13.7. The maximum atomic E-state index is 5.85. The Morgan fingerprint density at radius 1 is 1.50 bits per heavy atom. The van der Waals surface area contributed by atoms with Gasteiger partial charge >= 0.3 is 0 Å². The van der Waals surface area contributed by atoms with Crippen LogP contribution in [0.15, 0.2) is 5.38 Å². The van der Waals surface area contributed by atoms with Crippen molar-refractivity contribution < 1.29 is 4.74 Å². The quantitative estimate of drug-likeness (QED) is 0.839. The number of aromatic nitrogens is 1. The molecule has 20 heavy (non-hydrogen) atoms. The van der Waals surface area contributed by atoms with Crippen molar-refractivity contribution in [3.8, 4) is 0 Å². The Morgan fingerprint density at radius 2 is 2.35 bits per heavy atom. The predicted octanol–water partition coefficient (Wildman–Crippen LogP) is 2.64. The van der Waals surface area contributed by atoms with Crippen molar-refractivity contribution in [3.63, 3.8) is 0 Å². The molecule has 1 atom stereocenters. The number of piperidine rings is 1. The number of hydrogen-bond donors (Lipinski definition) is 1. The third kappa shape index (κ3) is 5.13. The Morgan fingerprint density at radius 3 is 3.10 bits per heavy atom. The van der Waals surface area contributed by atoms with Gasteiger partial charge in [0.05, 0.1) is 18.9 Å². The van der Waals surface area contributed by atoms with Crippen LogP contribution in [-0.4, -0.2) is 42.2 Å². The number of likely N-dealkylation sites (tertiary alicyclic amines) is 1. The van der Waals surface area contributed by atoms with E-state index in [1.807, 2.05) is 0 Å². The van der Waals surface area contributed by atoms with Crippen LogP contribution < -0.4 is 5.32 Å². The summed E-state index contributed by atoms with van der Waals surface area (Å²) in [6.07, 6.45) is 3.92. The zero-order chi connectivity index (χ0) is 14.4. The fourth-order valence-electron chi connectivity index (χ4n) is 2.44. The lowest BCUT2D eigenvalue weighted by molar-refractivity contribution is 0.0432. The van der Waals surface area contributed by atoms with Crippen molar-refractivity contribution in [1.82, 2.24) is 15.2 Å². The third-order valence-corrected chi connectivity index (χ3v) is 4.64. The Kier molecular flexibility index (Phi) is 6.42. The standard InChI is InChI=1S/C15H27N3OS/c1-12(2)16-8-15-17-13(11-20-15)9-19-10-14-6-4-5-7-18(14)3/h11-12,14,16H,4-10H2,1-3H3. The van der Waals surface area contributed by atoms with Gasteiger partial charge in [-0.3, -0.25) is 0 Å². The van der Waals surface area contributed by atoms with Gasteiger partial charge in [0, 0.05) is 24.0 Å². The van der Waals surface area contributed by atoms with E-state index in [0.29, 0.717) is 18.7 Å². The average molecular weight is 297 g/mol. The predicted molar refractivity (Wildman–Crippen MR) is 84.0 cm³/mol. The SMILES string of the molecule is CC(C)NCc1nc(COCC2CCCCN2C)cs1. The molecule has 0 bridgehead atoms. The van der Waals surface area contributed by atoms with Gasteiger partial charge in [-0.15, -0.1) is 11.3 Å². The Bertz CT molecular complexity index is 394. The number of rotatable bonds is 7. The summed E-state index contributed by atoms with van der Waals surface area (Å²) in [6.45, 7) is 7.83. The Balaban J connectivity index is 1.68. The van der Waals surface area contributed by atoms with Crippen molar-refractivity contribution in [2.75, 3.05) is 20.2 Å². The van der Waals surface area contributed by atoms with Gasteiger partial charge in [-0.25, -0.2) is 4.98 Å². The summed E-state index contributed by atoms with van der Waals surface area (Å²) >= 11 is 1.71. The molecule has 0 amide bonds. The lowest BCUT2D eigenvalue weighted by Crippen LogP contribution is -2.39. The summed E-state index contributed by atoms with van der Waals surface area (Å²) in [6, 6.07) is 1.09. The van der Waals surface area contributed by atoms with Crippen LogP contribution in [0.2, 0.25) is 0 Å². The van der Waals surface area contributed by atoms with Crippen molar-refractivity contribution in [2.45, 2.75) is 58.3 Å². The van der Waals surface area contributed by atoms with E-state index in [4.69, 9.17) is 4.74 Å². The van der Waals surface area contributed by atoms with Crippen molar-refractivity contribution in [3.05, 3.63) is 16.1 Å². The first-order valence-electron chi connectivity index (χ1n) is 7.60. The van der Waals surface area contributed by atoms with Gasteiger partial charge < -0.3 is 15.0 Å². The second-order valence-electron chi connectivity index (χ2n) is 5.91. The summed E-state index contributed by atoms with van der Waals surface area (Å²) in [5.41, 5.74) is 1.06. The molecule has 0 aliphatic carbocycles. The van der Waals surface area contributed by atoms with Crippen molar-refractivity contribution >= 4 is 11.3 Å². The van der Waals surface area contributed by atoms with Crippen LogP contribution >= 0.6 is 11.3 Å². The summed E-state index contributed by atoms with van der Waals surface area (Å²) in [5.74, 6) is 0. The molecule has 0 radical (unpaired) electrons. The largest absolute Gasteiger partial charge is 0.374 e. The Hall–Kier alpha value is -0.490. The molecule has 0 saturated carbocycles. The van der Waals surface area contributed by atoms with E-state index in [-0.39, 0.29) is 0 Å². The maximum absolute atomic E-state index is 5.85. The van der Waals surface area contributed by atoms with E-state index in [0.717, 1.165) is 23.9 Å². The Labute approximate surface area is 126 Å². The van der Waals surface area contributed by atoms with Gasteiger partial charge in [0.1, 0.15) is 5.01 Å². The molecule has 4 nitrogen and oxygen atoms in total. The van der Waals surface area contributed by atoms with Gasteiger partial charge in [-0.2, -0.15) is 0 Å². The summed E-state index contributed by atoms with van der Waals surface area (Å²) < 4.78 is 5.85. The van der Waals surface area contributed by atoms with Crippen LogP contribution in [0.1, 0.15) is 43.8 Å². The lowest BCUT2D eigenvalue weighted by Gasteiger charge is -2.32. The molecule has 0 spiro atoms. The highest BCUT2D eigenvalue weighted by Gasteiger charge is 2.18. The number of hydrogen-bond acceptors (Lipinski definition) is 5. The molecule has 2 heterocycles. The molecule has 5 heteroatoms. The van der Waals surface area contributed by atoms with Crippen LogP contribution in [0, 0.1) is 0 Å². The number of nitrogens with one attached hydrogen (secondary N) is 1. The third-order valence-electron chi connectivity index (χ3n) is 3.74. The van der Waals surface area contributed by atoms with Gasteiger partial charge in [0.25, 0.3) is 0 Å².